The third-order valence-electron chi connectivity index (χ3n) is 7.00. The number of carbonyl (C=O) groups is 1. The van der Waals surface area contributed by atoms with E-state index in [2.05, 4.69) is 58.9 Å². The van der Waals surface area contributed by atoms with Crippen molar-refractivity contribution in [3.8, 4) is 11.3 Å². The van der Waals surface area contributed by atoms with Crippen LogP contribution in [0, 0.1) is 0 Å². The molecule has 2 aliphatic heterocycles. The lowest BCUT2D eigenvalue weighted by molar-refractivity contribution is -0.113. The van der Waals surface area contributed by atoms with Gasteiger partial charge in [-0.05, 0) is 54.7 Å². The van der Waals surface area contributed by atoms with E-state index in [0.29, 0.717) is 23.8 Å². The fourth-order valence-corrected chi connectivity index (χ4v) is 4.69. The Bertz CT molecular complexity index is 1480. The molecule has 1 saturated heterocycles. The van der Waals surface area contributed by atoms with Gasteiger partial charge in [0.15, 0.2) is 0 Å². The molecule has 0 bridgehead atoms. The predicted octanol–water partition coefficient (Wildman–Crippen LogP) is 1.73. The largest absolute Gasteiger partial charge is 0.354 e. The zero-order valence-electron chi connectivity index (χ0n) is 20.4. The molecule has 2 aliphatic rings. The molecule has 6 rings (SSSR count). The molecule has 4 aromatic rings. The van der Waals surface area contributed by atoms with Crippen LogP contribution in [0.5, 0.6) is 0 Å². The molecule has 0 spiro atoms. The van der Waals surface area contributed by atoms with Crippen molar-refractivity contribution < 1.29 is 4.79 Å². The summed E-state index contributed by atoms with van der Waals surface area (Å²) in [6.07, 6.45) is 1.83. The van der Waals surface area contributed by atoms with Crippen LogP contribution in [0.15, 0.2) is 47.8 Å². The normalized spacial score (nSPS) is 16.5. The summed E-state index contributed by atoms with van der Waals surface area (Å²) in [5.41, 5.74) is 4.81. The lowest BCUT2D eigenvalue weighted by Crippen LogP contribution is -2.44. The first-order chi connectivity index (χ1) is 17.5. The molecule has 0 aliphatic carbocycles. The van der Waals surface area contributed by atoms with Crippen molar-refractivity contribution in [1.29, 1.82) is 0 Å². The lowest BCUT2D eigenvalue weighted by atomic mass is 10.1. The molecule has 12 nitrogen and oxygen atoms in total. The predicted molar refractivity (Wildman–Crippen MR) is 137 cm³/mol. The number of aromatic amines is 1. The highest BCUT2D eigenvalue weighted by atomic mass is 16.1. The minimum Gasteiger partial charge on any atom is -0.354 e. The maximum absolute atomic E-state index is 13.2. The summed E-state index contributed by atoms with van der Waals surface area (Å²) < 4.78 is 1.61. The Morgan fingerprint density at radius 2 is 1.92 bits per heavy atom. The van der Waals surface area contributed by atoms with E-state index in [0.717, 1.165) is 59.9 Å². The number of hydrogen-bond donors (Lipinski definition) is 2. The molecule has 36 heavy (non-hydrogen) atoms. The zero-order valence-corrected chi connectivity index (χ0v) is 20.4. The summed E-state index contributed by atoms with van der Waals surface area (Å²) >= 11 is 0. The zero-order chi connectivity index (χ0) is 24.8. The van der Waals surface area contributed by atoms with Crippen LogP contribution in [0.2, 0.25) is 0 Å². The van der Waals surface area contributed by atoms with E-state index >= 15 is 0 Å². The molecule has 0 saturated carbocycles. The second-order valence-electron chi connectivity index (χ2n) is 9.24. The van der Waals surface area contributed by atoms with Crippen molar-refractivity contribution in [2.75, 3.05) is 55.4 Å². The third kappa shape index (κ3) is 3.85. The highest BCUT2D eigenvalue weighted by Gasteiger charge is 2.26. The van der Waals surface area contributed by atoms with Gasteiger partial charge in [0.2, 0.25) is 5.95 Å². The van der Waals surface area contributed by atoms with E-state index in [-0.39, 0.29) is 5.91 Å². The van der Waals surface area contributed by atoms with E-state index in [1.165, 1.54) is 0 Å². The Morgan fingerprint density at radius 1 is 1.08 bits per heavy atom. The summed E-state index contributed by atoms with van der Waals surface area (Å²) in [7, 11) is 3.99. The van der Waals surface area contributed by atoms with E-state index in [4.69, 9.17) is 0 Å². The number of fused-ring (bicyclic) bond motifs is 2. The number of amides is 1. The average molecular weight is 486 g/mol. The molecule has 184 valence electrons. The number of likely N-dealkylation sites (N-methyl/N-ethyl adjacent to an activating group) is 1. The van der Waals surface area contributed by atoms with Gasteiger partial charge in [0.25, 0.3) is 5.91 Å². The minimum absolute atomic E-state index is 0.189. The molecule has 0 radical (unpaired) electrons. The van der Waals surface area contributed by atoms with Gasteiger partial charge in [-0.25, -0.2) is 9.67 Å². The summed E-state index contributed by atoms with van der Waals surface area (Å²) in [5, 5.41) is 23.4. The van der Waals surface area contributed by atoms with Gasteiger partial charge in [-0.2, -0.15) is 5.10 Å². The fraction of sp³-hybridized carbons (Fsp3) is 0.333. The van der Waals surface area contributed by atoms with Gasteiger partial charge in [0.05, 0.1) is 17.6 Å². The van der Waals surface area contributed by atoms with Crippen molar-refractivity contribution >= 4 is 34.3 Å². The van der Waals surface area contributed by atoms with Crippen LogP contribution in [0.1, 0.15) is 6.92 Å². The van der Waals surface area contributed by atoms with Crippen LogP contribution in [-0.4, -0.2) is 86.5 Å². The second-order valence-corrected chi connectivity index (χ2v) is 9.24. The summed E-state index contributed by atoms with van der Waals surface area (Å²) in [5.74, 6) is 1.37. The summed E-state index contributed by atoms with van der Waals surface area (Å²) in [6, 6.07) is 9.80. The second kappa shape index (κ2) is 8.72. The van der Waals surface area contributed by atoms with E-state index in [1.54, 1.807) is 4.68 Å². The molecule has 3 aromatic heterocycles. The van der Waals surface area contributed by atoms with Gasteiger partial charge in [0, 0.05) is 61.8 Å². The van der Waals surface area contributed by atoms with Gasteiger partial charge in [-0.1, -0.05) is 5.10 Å². The van der Waals surface area contributed by atoms with Gasteiger partial charge < -0.3 is 20.0 Å². The van der Waals surface area contributed by atoms with Crippen LogP contribution < -0.4 is 15.1 Å². The van der Waals surface area contributed by atoms with Crippen molar-refractivity contribution in [2.45, 2.75) is 13.5 Å². The van der Waals surface area contributed by atoms with Crippen molar-refractivity contribution in [3.63, 3.8) is 0 Å². The number of hydrogen-bond acceptors (Lipinski definition) is 9. The number of pyridine rings is 1. The van der Waals surface area contributed by atoms with E-state index < -0.39 is 0 Å². The van der Waals surface area contributed by atoms with Crippen LogP contribution in [0.25, 0.3) is 22.2 Å². The molecule has 0 atom stereocenters. The smallest absolute Gasteiger partial charge is 0.255 e. The molecule has 1 fully saturated rings. The number of tetrazole rings is 1. The first kappa shape index (κ1) is 22.2. The number of anilines is 3. The minimum atomic E-state index is -0.189. The van der Waals surface area contributed by atoms with Gasteiger partial charge in [-0.3, -0.25) is 9.89 Å². The molecule has 0 unspecified atom stereocenters. The fourth-order valence-electron chi connectivity index (χ4n) is 4.69. The molecular weight excluding hydrogens is 458 g/mol. The highest BCUT2D eigenvalue weighted by Crippen LogP contribution is 2.31. The van der Waals surface area contributed by atoms with Crippen LogP contribution in [0.3, 0.4) is 0 Å². The number of H-pyrrole nitrogens is 1. The molecule has 2 N–H and O–H groups in total. The number of aromatic nitrogens is 7. The molecule has 5 heterocycles. The van der Waals surface area contributed by atoms with Crippen LogP contribution >= 0.6 is 0 Å². The maximum Gasteiger partial charge on any atom is 0.255 e. The maximum atomic E-state index is 13.2. The van der Waals surface area contributed by atoms with Crippen molar-refractivity contribution in [3.05, 3.63) is 47.8 Å². The number of allylic oxidation sites excluding steroid dienone is 1. The molecule has 12 heteroatoms. The Balaban J connectivity index is 1.27. The van der Waals surface area contributed by atoms with Crippen molar-refractivity contribution in [2.24, 2.45) is 0 Å². The van der Waals surface area contributed by atoms with Crippen LogP contribution in [-0.2, 0) is 11.3 Å². The lowest BCUT2D eigenvalue weighted by Gasteiger charge is -2.33. The van der Waals surface area contributed by atoms with Crippen LogP contribution in [0.4, 0.5) is 17.5 Å². The Hall–Kier alpha value is -4.32. The topological polar surface area (TPSA) is 124 Å². The number of nitrogens with zero attached hydrogens (tertiary/aromatic N) is 9. The van der Waals surface area contributed by atoms with E-state index in [1.807, 2.05) is 49.3 Å². The van der Waals surface area contributed by atoms with Gasteiger partial charge in [0.1, 0.15) is 11.5 Å². The monoisotopic (exact) mass is 485 g/mol. The number of nitrogens with one attached hydrogen (secondary N) is 2. The Morgan fingerprint density at radius 3 is 2.75 bits per heavy atom. The first-order valence-electron chi connectivity index (χ1n) is 11.9. The number of piperazine rings is 1. The van der Waals surface area contributed by atoms with Gasteiger partial charge >= 0.3 is 0 Å². The Labute approximate surface area is 207 Å². The molecule has 1 aromatic carbocycles. The quantitative estimate of drug-likeness (QED) is 0.445. The molecule has 1 amide bonds. The summed E-state index contributed by atoms with van der Waals surface area (Å²) in [4.78, 5) is 24.2. The van der Waals surface area contributed by atoms with Crippen molar-refractivity contribution in [1.82, 2.24) is 40.3 Å². The number of benzene rings is 1. The standard InChI is InChI=1S/C24H27N11O/c1-15-19(14-35-24(33(15)3)29-30-31-35)23(36)26-17-4-5-20-18(13-17)22(28-27-20)16-6-7-25-21(12-16)34-10-8-32(2)9-11-34/h4-7,12-13H,8-11,14H2,1-3H3,(H,26,36)(H,27,28). The number of carbonyl (C=O) groups excluding carboxylic acids is 1. The average Bonchev–Trinajstić information content (AvgIpc) is 3.54. The van der Waals surface area contributed by atoms with Gasteiger partial charge in [-0.15, -0.1) is 0 Å². The number of rotatable bonds is 4. The summed E-state index contributed by atoms with van der Waals surface area (Å²) in [6.45, 7) is 6.13. The SMILES string of the molecule is CC1=C(C(=O)Nc2ccc3[nH]nc(-c4ccnc(N5CCN(C)CC5)c4)c3c2)Cn2nnnc2N1C. The molecular formula is C24H27N11O. The third-order valence-corrected chi connectivity index (χ3v) is 7.00. The van der Waals surface area contributed by atoms with E-state index in [9.17, 15) is 4.79 Å². The first-order valence-corrected chi connectivity index (χ1v) is 11.9. The Kier molecular flexibility index (Phi) is 5.37. The highest BCUT2D eigenvalue weighted by molar-refractivity contribution is 6.06.